The Labute approximate surface area is 215 Å². The van der Waals surface area contributed by atoms with Gasteiger partial charge in [-0.1, -0.05) is 18.3 Å². The quantitative estimate of drug-likeness (QED) is 0.420. The van der Waals surface area contributed by atoms with Crippen LogP contribution in [0.15, 0.2) is 34.1 Å². The van der Waals surface area contributed by atoms with Gasteiger partial charge in [-0.25, -0.2) is 14.6 Å². The van der Waals surface area contributed by atoms with E-state index in [1.807, 2.05) is 0 Å². The van der Waals surface area contributed by atoms with E-state index in [9.17, 15) is 22.8 Å². The number of hydrogen-bond acceptors (Lipinski definition) is 7. The standard InChI is InChI=1S/C21H31BrF3N5O4S/c1-13(35-16(22)8-26)30(18(32)34-20(5,6)7)10-14(28-17(31)33-19(2,3)4)9-29-11-15(27-12-29)21(23,24)25/h8,11-12,14H,1,9-10,26H2,2-7H3,(H,28,31)/b16-8-/t14-/m0/s1. The van der Waals surface area contributed by atoms with E-state index < -0.39 is 41.3 Å². The predicted octanol–water partition coefficient (Wildman–Crippen LogP) is 5.39. The molecule has 0 aliphatic carbocycles. The Balaban J connectivity index is 3.27. The molecule has 35 heavy (non-hydrogen) atoms. The number of alkyl halides is 3. The van der Waals surface area contributed by atoms with Crippen LogP contribution < -0.4 is 11.1 Å². The van der Waals surface area contributed by atoms with Crippen molar-refractivity contribution in [2.24, 2.45) is 5.73 Å². The summed E-state index contributed by atoms with van der Waals surface area (Å²) in [6.45, 7) is 13.5. The average Bonchev–Trinajstić information content (AvgIpc) is 3.11. The summed E-state index contributed by atoms with van der Waals surface area (Å²) in [5.74, 6) is 0. The normalized spacial score (nSPS) is 13.7. The lowest BCUT2D eigenvalue weighted by Gasteiger charge is -2.31. The molecular formula is C21H31BrF3N5O4S. The van der Waals surface area contributed by atoms with Gasteiger partial charge in [0, 0.05) is 18.9 Å². The maximum Gasteiger partial charge on any atom is 0.434 e. The van der Waals surface area contributed by atoms with Gasteiger partial charge in [0.15, 0.2) is 5.69 Å². The third-order valence-electron chi connectivity index (χ3n) is 3.74. The molecule has 0 saturated heterocycles. The predicted molar refractivity (Wildman–Crippen MR) is 131 cm³/mol. The molecule has 0 aliphatic heterocycles. The summed E-state index contributed by atoms with van der Waals surface area (Å²) >= 11 is 4.24. The molecule has 0 radical (unpaired) electrons. The Bertz CT molecular complexity index is 939. The molecule has 0 spiro atoms. The minimum atomic E-state index is -4.63. The molecule has 0 aliphatic rings. The van der Waals surface area contributed by atoms with Crippen LogP contribution >= 0.6 is 27.7 Å². The maximum atomic E-state index is 13.0. The lowest BCUT2D eigenvalue weighted by Crippen LogP contribution is -2.49. The number of rotatable bonds is 8. The number of carbonyl (C=O) groups excluding carboxylic acids is 2. The van der Waals surface area contributed by atoms with Gasteiger partial charge in [-0.05, 0) is 57.5 Å². The number of aromatic nitrogens is 2. The molecule has 198 valence electrons. The van der Waals surface area contributed by atoms with Gasteiger partial charge in [-0.3, -0.25) is 4.90 Å². The second-order valence-electron chi connectivity index (χ2n) is 9.35. The second kappa shape index (κ2) is 12.1. The lowest BCUT2D eigenvalue weighted by atomic mass is 10.2. The summed E-state index contributed by atoms with van der Waals surface area (Å²) < 4.78 is 51.3. The van der Waals surface area contributed by atoms with E-state index >= 15 is 0 Å². The first-order valence-electron chi connectivity index (χ1n) is 10.3. The summed E-state index contributed by atoms with van der Waals surface area (Å²) in [5.41, 5.74) is 2.72. The van der Waals surface area contributed by atoms with Gasteiger partial charge in [0.05, 0.1) is 27.8 Å². The van der Waals surface area contributed by atoms with Gasteiger partial charge < -0.3 is 25.1 Å². The number of thioether (sulfide) groups is 1. The molecule has 0 fully saturated rings. The molecule has 14 heteroatoms. The zero-order valence-electron chi connectivity index (χ0n) is 20.4. The molecule has 3 N–H and O–H groups in total. The summed E-state index contributed by atoms with van der Waals surface area (Å²) in [6, 6.07) is -0.911. The lowest BCUT2D eigenvalue weighted by molar-refractivity contribution is -0.141. The average molecular weight is 586 g/mol. The number of nitrogens with two attached hydrogens (primary N) is 1. The van der Waals surface area contributed by atoms with Gasteiger partial charge in [0.1, 0.15) is 11.2 Å². The molecule has 1 heterocycles. The Morgan fingerprint density at radius 2 is 1.83 bits per heavy atom. The third-order valence-corrected chi connectivity index (χ3v) is 5.28. The van der Waals surface area contributed by atoms with E-state index in [0.717, 1.165) is 33.8 Å². The zero-order chi connectivity index (χ0) is 27.2. The highest BCUT2D eigenvalue weighted by atomic mass is 79.9. The SMILES string of the molecule is C=C(S/C(Br)=C\N)N(C[C@H](Cn1cnc(C(F)(F)F)c1)NC(=O)OC(C)(C)C)C(=O)OC(C)(C)C. The van der Waals surface area contributed by atoms with Crippen LogP contribution in [0.1, 0.15) is 47.2 Å². The Morgan fingerprint density at radius 3 is 2.29 bits per heavy atom. The molecule has 1 atom stereocenters. The third kappa shape index (κ3) is 11.8. The van der Waals surface area contributed by atoms with E-state index in [1.54, 1.807) is 41.5 Å². The van der Waals surface area contributed by atoms with Crippen molar-refractivity contribution in [3.63, 3.8) is 0 Å². The van der Waals surface area contributed by atoms with Crippen LogP contribution in [0.4, 0.5) is 22.8 Å². The van der Waals surface area contributed by atoms with Crippen molar-refractivity contribution in [1.29, 1.82) is 0 Å². The summed E-state index contributed by atoms with van der Waals surface area (Å²) in [4.78, 5) is 29.9. The number of nitrogens with one attached hydrogen (secondary N) is 1. The van der Waals surface area contributed by atoms with E-state index in [4.69, 9.17) is 15.2 Å². The monoisotopic (exact) mass is 585 g/mol. The van der Waals surface area contributed by atoms with Gasteiger partial charge >= 0.3 is 18.4 Å². The molecule has 1 aromatic heterocycles. The minimum absolute atomic E-state index is 0.159. The highest BCUT2D eigenvalue weighted by molar-refractivity contribution is 9.14. The van der Waals surface area contributed by atoms with Crippen LogP contribution in [-0.4, -0.2) is 50.4 Å². The molecular weight excluding hydrogens is 555 g/mol. The Kier molecular flexibility index (Phi) is 10.6. The van der Waals surface area contributed by atoms with E-state index in [1.165, 1.54) is 6.20 Å². The van der Waals surface area contributed by atoms with Gasteiger partial charge in [0.2, 0.25) is 0 Å². The van der Waals surface area contributed by atoms with Crippen LogP contribution in [-0.2, 0) is 22.2 Å². The van der Waals surface area contributed by atoms with Crippen molar-refractivity contribution in [2.45, 2.75) is 71.5 Å². The smallest absolute Gasteiger partial charge is 0.434 e. The van der Waals surface area contributed by atoms with E-state index in [-0.39, 0.29) is 18.1 Å². The van der Waals surface area contributed by atoms with Crippen LogP contribution in [0, 0.1) is 0 Å². The fourth-order valence-electron chi connectivity index (χ4n) is 2.50. The van der Waals surface area contributed by atoms with Crippen molar-refractivity contribution >= 4 is 39.9 Å². The number of imidazole rings is 1. The van der Waals surface area contributed by atoms with Crippen molar-refractivity contribution in [3.8, 4) is 0 Å². The number of alkyl carbamates (subject to hydrolysis) is 1. The molecule has 2 amide bonds. The molecule has 0 aromatic carbocycles. The first-order valence-corrected chi connectivity index (χ1v) is 11.9. The molecule has 1 aromatic rings. The maximum absolute atomic E-state index is 13.0. The fourth-order valence-corrected chi connectivity index (χ4v) is 3.61. The van der Waals surface area contributed by atoms with Crippen LogP contribution in [0.25, 0.3) is 0 Å². The zero-order valence-corrected chi connectivity index (χ0v) is 22.8. The first kappa shape index (κ1) is 30.7. The summed E-state index contributed by atoms with van der Waals surface area (Å²) in [6.07, 6.45) is -3.17. The van der Waals surface area contributed by atoms with Crippen LogP contribution in [0.5, 0.6) is 0 Å². The fraction of sp³-hybridized carbons (Fsp3) is 0.571. The van der Waals surface area contributed by atoms with Crippen molar-refractivity contribution in [2.75, 3.05) is 6.54 Å². The minimum Gasteiger partial charge on any atom is -0.444 e. The van der Waals surface area contributed by atoms with Crippen LogP contribution in [0.3, 0.4) is 0 Å². The van der Waals surface area contributed by atoms with Crippen molar-refractivity contribution in [1.82, 2.24) is 19.8 Å². The summed E-state index contributed by atoms with van der Waals surface area (Å²) in [7, 11) is 0. The number of amides is 2. The highest BCUT2D eigenvalue weighted by Gasteiger charge is 2.34. The Morgan fingerprint density at radius 1 is 1.26 bits per heavy atom. The molecule has 1 rings (SSSR count). The molecule has 0 unspecified atom stereocenters. The summed E-state index contributed by atoms with van der Waals surface area (Å²) in [5, 5.41) is 2.80. The second-order valence-corrected chi connectivity index (χ2v) is 11.8. The molecule has 0 bridgehead atoms. The van der Waals surface area contributed by atoms with Gasteiger partial charge in [-0.15, -0.1) is 0 Å². The number of nitrogens with zero attached hydrogens (tertiary/aromatic N) is 3. The van der Waals surface area contributed by atoms with Gasteiger partial charge in [0.25, 0.3) is 0 Å². The number of halogens is 4. The topological polar surface area (TPSA) is 112 Å². The van der Waals surface area contributed by atoms with E-state index in [2.05, 4.69) is 32.8 Å². The van der Waals surface area contributed by atoms with Crippen LogP contribution in [0.2, 0.25) is 0 Å². The largest absolute Gasteiger partial charge is 0.444 e. The number of ether oxygens (including phenoxy) is 2. The van der Waals surface area contributed by atoms with Gasteiger partial charge in [-0.2, -0.15) is 13.2 Å². The number of carbonyl (C=O) groups is 2. The first-order chi connectivity index (χ1) is 15.8. The van der Waals surface area contributed by atoms with E-state index in [0.29, 0.717) is 3.81 Å². The van der Waals surface area contributed by atoms with Crippen molar-refractivity contribution in [3.05, 3.63) is 39.8 Å². The highest BCUT2D eigenvalue weighted by Crippen LogP contribution is 2.32. The number of hydrogen-bond donors (Lipinski definition) is 2. The van der Waals surface area contributed by atoms with Crippen molar-refractivity contribution < 1.29 is 32.2 Å². The Hall–Kier alpha value is -2.35. The molecule has 0 saturated carbocycles. The molecule has 9 nitrogen and oxygen atoms in total.